The average molecular weight is 292 g/mol. The van der Waals surface area contributed by atoms with Gasteiger partial charge in [-0.05, 0) is 30.7 Å². The lowest BCUT2D eigenvalue weighted by Gasteiger charge is -2.35. The van der Waals surface area contributed by atoms with Crippen molar-refractivity contribution < 1.29 is 15.0 Å². The minimum atomic E-state index is -0.460. The lowest BCUT2D eigenvalue weighted by atomic mass is 9.94. The molecule has 1 saturated heterocycles. The van der Waals surface area contributed by atoms with Crippen LogP contribution in [0.1, 0.15) is 22.3 Å². The number of hydrogen-bond acceptors (Lipinski definition) is 4. The quantitative estimate of drug-likeness (QED) is 0.851. The van der Waals surface area contributed by atoms with Crippen LogP contribution in [-0.2, 0) is 6.54 Å². The van der Waals surface area contributed by atoms with Gasteiger partial charge in [0.2, 0.25) is 0 Å². The number of piperidine rings is 1. The number of benzene rings is 1. The van der Waals surface area contributed by atoms with E-state index in [0.29, 0.717) is 12.1 Å². The zero-order valence-electron chi connectivity index (χ0n) is 12.7. The largest absolute Gasteiger partial charge is 0.396 e. The van der Waals surface area contributed by atoms with Crippen LogP contribution in [0.3, 0.4) is 0 Å². The molecule has 1 aromatic rings. The van der Waals surface area contributed by atoms with Crippen molar-refractivity contribution >= 4 is 5.91 Å². The number of aliphatic hydroxyl groups excluding tert-OH is 2. The van der Waals surface area contributed by atoms with Gasteiger partial charge in [0.1, 0.15) is 0 Å². The molecular weight excluding hydrogens is 268 g/mol. The fourth-order valence-electron chi connectivity index (χ4n) is 2.67. The highest BCUT2D eigenvalue weighted by molar-refractivity contribution is 5.93. The molecule has 1 fully saturated rings. The van der Waals surface area contributed by atoms with E-state index in [1.807, 2.05) is 24.3 Å². The Balaban J connectivity index is 1.93. The molecular formula is C16H24N2O3. The van der Waals surface area contributed by atoms with Crippen LogP contribution < -0.4 is 0 Å². The number of β-amino-alcohol motifs (C(OH)–C–C–N with tert-alkyl or cyclic N) is 1. The number of aliphatic hydroxyl groups is 2. The zero-order chi connectivity index (χ0) is 15.4. The first-order valence-electron chi connectivity index (χ1n) is 7.33. The van der Waals surface area contributed by atoms with Gasteiger partial charge in [0.05, 0.1) is 6.10 Å². The van der Waals surface area contributed by atoms with E-state index in [9.17, 15) is 9.90 Å². The molecule has 1 heterocycles. The van der Waals surface area contributed by atoms with Crippen LogP contribution in [0.2, 0.25) is 0 Å². The van der Waals surface area contributed by atoms with Crippen LogP contribution in [0.5, 0.6) is 0 Å². The maximum atomic E-state index is 11.8. The zero-order valence-corrected chi connectivity index (χ0v) is 12.7. The number of rotatable bonds is 4. The smallest absolute Gasteiger partial charge is 0.253 e. The van der Waals surface area contributed by atoms with E-state index in [1.165, 1.54) is 0 Å². The SMILES string of the molecule is CN(C)C(=O)c1ccc(CN2CC[C@H](CO)[C@H](O)C2)cc1. The number of likely N-dealkylation sites (tertiary alicyclic amines) is 1. The molecule has 0 spiro atoms. The lowest BCUT2D eigenvalue weighted by Crippen LogP contribution is -2.44. The van der Waals surface area contributed by atoms with Crippen molar-refractivity contribution in [3.8, 4) is 0 Å². The highest BCUT2D eigenvalue weighted by Crippen LogP contribution is 2.19. The molecule has 5 heteroatoms. The third-order valence-electron chi connectivity index (χ3n) is 4.05. The van der Waals surface area contributed by atoms with Gasteiger partial charge in [-0.25, -0.2) is 0 Å². The van der Waals surface area contributed by atoms with Crippen molar-refractivity contribution in [2.24, 2.45) is 5.92 Å². The van der Waals surface area contributed by atoms with Crippen molar-refractivity contribution in [2.75, 3.05) is 33.8 Å². The first-order chi connectivity index (χ1) is 10.0. The molecule has 5 nitrogen and oxygen atoms in total. The summed E-state index contributed by atoms with van der Waals surface area (Å²) in [6, 6.07) is 7.60. The Hall–Kier alpha value is -1.43. The Morgan fingerprint density at radius 2 is 2.00 bits per heavy atom. The van der Waals surface area contributed by atoms with Gasteiger partial charge >= 0.3 is 0 Å². The predicted molar refractivity (Wildman–Crippen MR) is 80.9 cm³/mol. The number of nitrogens with zero attached hydrogens (tertiary/aromatic N) is 2. The molecule has 1 aliphatic rings. The highest BCUT2D eigenvalue weighted by Gasteiger charge is 2.26. The summed E-state index contributed by atoms with van der Waals surface area (Å²) in [6.07, 6.45) is 0.354. The van der Waals surface area contributed by atoms with E-state index in [2.05, 4.69) is 4.90 Å². The lowest BCUT2D eigenvalue weighted by molar-refractivity contribution is -0.00444. The molecule has 0 bridgehead atoms. The maximum absolute atomic E-state index is 11.8. The number of carbonyl (C=O) groups excluding carboxylic acids is 1. The Bertz CT molecular complexity index is 473. The molecule has 1 aliphatic heterocycles. The van der Waals surface area contributed by atoms with E-state index >= 15 is 0 Å². The normalized spacial score (nSPS) is 23.0. The van der Waals surface area contributed by atoms with Crippen molar-refractivity contribution in [1.82, 2.24) is 9.80 Å². The van der Waals surface area contributed by atoms with Crippen LogP contribution in [0.25, 0.3) is 0 Å². The van der Waals surface area contributed by atoms with Gasteiger partial charge in [0, 0.05) is 45.3 Å². The molecule has 2 N–H and O–H groups in total. The van der Waals surface area contributed by atoms with Crippen LogP contribution in [0.15, 0.2) is 24.3 Å². The molecule has 0 radical (unpaired) electrons. The topological polar surface area (TPSA) is 64.0 Å². The van der Waals surface area contributed by atoms with Gasteiger partial charge < -0.3 is 15.1 Å². The summed E-state index contributed by atoms with van der Waals surface area (Å²) in [6.45, 7) is 2.27. The molecule has 116 valence electrons. The minimum absolute atomic E-state index is 0.000678. The fraction of sp³-hybridized carbons (Fsp3) is 0.562. The predicted octanol–water partition coefficient (Wildman–Crippen LogP) is 0.563. The number of amides is 1. The van der Waals surface area contributed by atoms with E-state index in [0.717, 1.165) is 25.1 Å². The molecule has 0 aromatic heterocycles. The molecule has 21 heavy (non-hydrogen) atoms. The van der Waals surface area contributed by atoms with Crippen molar-refractivity contribution in [1.29, 1.82) is 0 Å². The van der Waals surface area contributed by atoms with E-state index < -0.39 is 6.10 Å². The van der Waals surface area contributed by atoms with Crippen LogP contribution in [0.4, 0.5) is 0 Å². The molecule has 2 atom stereocenters. The van der Waals surface area contributed by atoms with Crippen molar-refractivity contribution in [2.45, 2.75) is 19.1 Å². The van der Waals surface area contributed by atoms with Gasteiger partial charge in [0.25, 0.3) is 5.91 Å². The number of carbonyl (C=O) groups is 1. The van der Waals surface area contributed by atoms with Crippen LogP contribution in [-0.4, -0.2) is 65.8 Å². The summed E-state index contributed by atoms with van der Waals surface area (Å²) in [5, 5.41) is 19.1. The van der Waals surface area contributed by atoms with Crippen molar-refractivity contribution in [3.05, 3.63) is 35.4 Å². The Labute approximate surface area is 125 Å². The van der Waals surface area contributed by atoms with E-state index in [4.69, 9.17) is 5.11 Å². The highest BCUT2D eigenvalue weighted by atomic mass is 16.3. The molecule has 2 rings (SSSR count). The fourth-order valence-corrected chi connectivity index (χ4v) is 2.67. The van der Waals surface area contributed by atoms with Gasteiger partial charge in [-0.15, -0.1) is 0 Å². The third-order valence-corrected chi connectivity index (χ3v) is 4.05. The third kappa shape index (κ3) is 4.03. The summed E-state index contributed by atoms with van der Waals surface area (Å²) in [5.74, 6) is 0.00192. The first-order valence-corrected chi connectivity index (χ1v) is 7.33. The van der Waals surface area contributed by atoms with Gasteiger partial charge in [-0.3, -0.25) is 9.69 Å². The standard InChI is InChI=1S/C16H24N2O3/c1-17(2)16(21)13-5-3-12(4-6-13)9-18-8-7-14(11-19)15(20)10-18/h3-6,14-15,19-20H,7-11H2,1-2H3/t14-,15-/m1/s1. The Morgan fingerprint density at radius 1 is 1.33 bits per heavy atom. The molecule has 1 aromatic carbocycles. The number of hydrogen-bond donors (Lipinski definition) is 2. The molecule has 0 aliphatic carbocycles. The van der Waals surface area contributed by atoms with Crippen LogP contribution in [0, 0.1) is 5.92 Å². The monoisotopic (exact) mass is 292 g/mol. The molecule has 0 unspecified atom stereocenters. The summed E-state index contributed by atoms with van der Waals surface area (Å²) in [4.78, 5) is 15.6. The van der Waals surface area contributed by atoms with Crippen LogP contribution >= 0.6 is 0 Å². The Morgan fingerprint density at radius 3 is 2.52 bits per heavy atom. The first kappa shape index (κ1) is 15.9. The summed E-state index contributed by atoms with van der Waals surface area (Å²) < 4.78 is 0. The van der Waals surface area contributed by atoms with E-state index in [1.54, 1.807) is 19.0 Å². The summed E-state index contributed by atoms with van der Waals surface area (Å²) in [5.41, 5.74) is 1.81. The summed E-state index contributed by atoms with van der Waals surface area (Å²) >= 11 is 0. The molecule has 1 amide bonds. The molecule has 0 saturated carbocycles. The average Bonchev–Trinajstić information content (AvgIpc) is 2.47. The Kier molecular flexibility index (Phi) is 5.33. The second-order valence-electron chi connectivity index (χ2n) is 5.93. The maximum Gasteiger partial charge on any atom is 0.253 e. The van der Waals surface area contributed by atoms with Crippen molar-refractivity contribution in [3.63, 3.8) is 0 Å². The second kappa shape index (κ2) is 7.02. The van der Waals surface area contributed by atoms with Gasteiger partial charge in [-0.1, -0.05) is 12.1 Å². The second-order valence-corrected chi connectivity index (χ2v) is 5.93. The minimum Gasteiger partial charge on any atom is -0.396 e. The van der Waals surface area contributed by atoms with Gasteiger partial charge in [0.15, 0.2) is 0 Å². The van der Waals surface area contributed by atoms with Gasteiger partial charge in [-0.2, -0.15) is 0 Å². The van der Waals surface area contributed by atoms with E-state index in [-0.39, 0.29) is 18.4 Å². The summed E-state index contributed by atoms with van der Waals surface area (Å²) in [7, 11) is 3.48.